The van der Waals surface area contributed by atoms with Gasteiger partial charge in [0.2, 0.25) is 11.8 Å². The molecule has 292 valence electrons. The lowest BCUT2D eigenvalue weighted by Crippen LogP contribution is -2.54. The number of imide groups is 2. The second-order valence-electron chi connectivity index (χ2n) is 15.6. The third kappa shape index (κ3) is 6.89. The summed E-state index contributed by atoms with van der Waals surface area (Å²) >= 11 is 0. The van der Waals surface area contributed by atoms with E-state index in [1.807, 2.05) is 9.80 Å². The second kappa shape index (κ2) is 14.1. The number of hydrogen-bond acceptors (Lipinski definition) is 9. The predicted molar refractivity (Wildman–Crippen MR) is 199 cm³/mol. The fourth-order valence-corrected chi connectivity index (χ4v) is 7.95. The van der Waals surface area contributed by atoms with Gasteiger partial charge in [0.25, 0.3) is 17.7 Å². The van der Waals surface area contributed by atoms with Gasteiger partial charge in [-0.15, -0.1) is 0 Å². The van der Waals surface area contributed by atoms with Gasteiger partial charge in [-0.3, -0.25) is 38.9 Å². The molecule has 5 aliphatic rings. The van der Waals surface area contributed by atoms with Crippen molar-refractivity contribution in [3.63, 3.8) is 0 Å². The quantitative estimate of drug-likeness (QED) is 0.271. The van der Waals surface area contributed by atoms with E-state index in [2.05, 4.69) is 32.5 Å². The third-order valence-corrected chi connectivity index (χ3v) is 11.6. The maximum absolute atomic E-state index is 13.8. The van der Waals surface area contributed by atoms with Crippen molar-refractivity contribution in [2.24, 2.45) is 5.92 Å². The van der Waals surface area contributed by atoms with Crippen LogP contribution in [0, 0.1) is 17.8 Å². The standard InChI is InChI=1S/C40H41F3N8O5/c1-39(2,38(56)45-31-9-6-26(40(41,42)43)18-33(31)48-16-12-27(13-17-48)47-14-3-15-47)50-23-24(20-44-50)4-5-25-21-49(22-25)28-7-8-29-30(19-28)37(55)51(36(29)54)32-10-11-34(52)46-35(32)53/h6-9,18-20,23,25,27,32H,3,10-17,21-22H2,1-2H3,(H,45,56)(H,46,52,53). The van der Waals surface area contributed by atoms with Gasteiger partial charge in [0.1, 0.15) is 11.6 Å². The topological polar surface area (TPSA) is 140 Å². The molecule has 1 aromatic heterocycles. The molecule has 4 fully saturated rings. The van der Waals surface area contributed by atoms with E-state index in [1.54, 1.807) is 44.4 Å². The molecule has 3 aromatic rings. The Hall–Kier alpha value is -5.69. The number of fused-ring (bicyclic) bond motifs is 1. The molecule has 0 aliphatic carbocycles. The number of piperidine rings is 2. The number of aromatic nitrogens is 2. The lowest BCUT2D eigenvalue weighted by molar-refractivity contribution is -0.138. The first-order chi connectivity index (χ1) is 26.7. The minimum Gasteiger partial charge on any atom is -0.370 e. The number of rotatable bonds is 7. The molecule has 0 radical (unpaired) electrons. The summed E-state index contributed by atoms with van der Waals surface area (Å²) in [5, 5.41) is 9.49. The summed E-state index contributed by atoms with van der Waals surface area (Å²) in [5.41, 5.74) is 0.428. The summed E-state index contributed by atoms with van der Waals surface area (Å²) in [7, 11) is 0. The Bertz CT molecular complexity index is 2190. The van der Waals surface area contributed by atoms with Crippen molar-refractivity contribution in [3.8, 4) is 11.8 Å². The number of nitrogens with zero attached hydrogens (tertiary/aromatic N) is 6. The summed E-state index contributed by atoms with van der Waals surface area (Å²) in [4.78, 5) is 71.3. The molecule has 16 heteroatoms. The van der Waals surface area contributed by atoms with Crippen LogP contribution in [-0.2, 0) is 26.1 Å². The fourth-order valence-electron chi connectivity index (χ4n) is 7.95. The van der Waals surface area contributed by atoms with Crippen LogP contribution in [0.25, 0.3) is 0 Å². The molecule has 0 bridgehead atoms. The SMILES string of the molecule is CC(C)(C(=O)Nc1ccc(C(F)(F)F)cc1N1CCC(N2CCC2)CC1)n1cc(C#CC2CN(c3ccc4c(c3)C(=O)N(C3CCC(=O)NC3=O)C4=O)C2)cn1. The van der Waals surface area contributed by atoms with E-state index < -0.39 is 52.9 Å². The molecule has 13 nitrogen and oxygen atoms in total. The number of likely N-dealkylation sites (tertiary alicyclic amines) is 1. The van der Waals surface area contributed by atoms with Crippen LogP contribution in [0.5, 0.6) is 0 Å². The molecule has 0 spiro atoms. The number of benzene rings is 2. The highest BCUT2D eigenvalue weighted by Crippen LogP contribution is 2.38. The van der Waals surface area contributed by atoms with Crippen LogP contribution in [0.1, 0.15) is 77.8 Å². The average Bonchev–Trinajstić information content (AvgIpc) is 3.70. The van der Waals surface area contributed by atoms with Crippen molar-refractivity contribution in [1.29, 1.82) is 0 Å². The number of carbonyl (C=O) groups excluding carboxylic acids is 5. The van der Waals surface area contributed by atoms with Gasteiger partial charge in [0, 0.05) is 50.5 Å². The first-order valence-corrected chi connectivity index (χ1v) is 18.9. The van der Waals surface area contributed by atoms with Gasteiger partial charge in [-0.1, -0.05) is 11.8 Å². The number of amides is 5. The molecule has 0 saturated carbocycles. The number of anilines is 3. The van der Waals surface area contributed by atoms with E-state index in [9.17, 15) is 37.1 Å². The smallest absolute Gasteiger partial charge is 0.370 e. The largest absolute Gasteiger partial charge is 0.416 e. The summed E-state index contributed by atoms with van der Waals surface area (Å²) in [5.74, 6) is 3.68. The zero-order valence-electron chi connectivity index (χ0n) is 31.0. The van der Waals surface area contributed by atoms with Crippen LogP contribution in [0.2, 0.25) is 0 Å². The van der Waals surface area contributed by atoms with Crippen LogP contribution in [-0.4, -0.2) is 100 Å². The summed E-state index contributed by atoms with van der Waals surface area (Å²) in [6.45, 7) is 7.80. The molecule has 4 saturated heterocycles. The number of hydrogen-bond donors (Lipinski definition) is 2. The van der Waals surface area contributed by atoms with Crippen molar-refractivity contribution in [3.05, 3.63) is 71.0 Å². The van der Waals surface area contributed by atoms with Crippen molar-refractivity contribution in [2.45, 2.75) is 69.8 Å². The Morgan fingerprint density at radius 1 is 0.911 bits per heavy atom. The molecule has 1 unspecified atom stereocenters. The number of alkyl halides is 3. The lowest BCUT2D eigenvalue weighted by atomic mass is 9.98. The Balaban J connectivity index is 0.897. The van der Waals surface area contributed by atoms with Crippen LogP contribution < -0.4 is 20.4 Å². The maximum atomic E-state index is 13.8. The van der Waals surface area contributed by atoms with Gasteiger partial charge in [-0.05, 0) is 89.0 Å². The predicted octanol–water partition coefficient (Wildman–Crippen LogP) is 3.84. The van der Waals surface area contributed by atoms with Gasteiger partial charge in [0.05, 0.1) is 45.7 Å². The highest BCUT2D eigenvalue weighted by Gasteiger charge is 2.45. The zero-order chi connectivity index (χ0) is 39.5. The van der Waals surface area contributed by atoms with Gasteiger partial charge < -0.3 is 20.0 Å². The lowest BCUT2D eigenvalue weighted by Gasteiger charge is -2.44. The Labute approximate surface area is 321 Å². The fraction of sp³-hybridized carbons (Fsp3) is 0.450. The van der Waals surface area contributed by atoms with Crippen molar-refractivity contribution in [1.82, 2.24) is 24.9 Å². The maximum Gasteiger partial charge on any atom is 0.416 e. The van der Waals surface area contributed by atoms with Crippen LogP contribution >= 0.6 is 0 Å². The van der Waals surface area contributed by atoms with Crippen LogP contribution in [0.4, 0.5) is 30.2 Å². The van der Waals surface area contributed by atoms with Gasteiger partial charge in [-0.2, -0.15) is 18.3 Å². The number of carbonyl (C=O) groups is 5. The number of nitrogens with one attached hydrogen (secondary N) is 2. The zero-order valence-corrected chi connectivity index (χ0v) is 31.0. The summed E-state index contributed by atoms with van der Waals surface area (Å²) < 4.78 is 42.8. The van der Waals surface area contributed by atoms with E-state index in [1.165, 1.54) is 17.2 Å². The molecule has 2 aromatic carbocycles. The first-order valence-electron chi connectivity index (χ1n) is 18.9. The van der Waals surface area contributed by atoms with Crippen LogP contribution in [0.15, 0.2) is 48.8 Å². The Kier molecular flexibility index (Phi) is 9.38. The third-order valence-electron chi connectivity index (χ3n) is 11.6. The highest BCUT2D eigenvalue weighted by atomic mass is 19.4. The van der Waals surface area contributed by atoms with Crippen LogP contribution in [0.3, 0.4) is 0 Å². The summed E-state index contributed by atoms with van der Waals surface area (Å²) in [6.07, 6.45) is 1.68. The first kappa shape index (κ1) is 37.2. The molecule has 56 heavy (non-hydrogen) atoms. The minimum absolute atomic E-state index is 0.00529. The van der Waals surface area contributed by atoms with E-state index in [0.717, 1.165) is 48.7 Å². The van der Waals surface area contributed by atoms with E-state index in [-0.39, 0.29) is 29.9 Å². The Morgan fingerprint density at radius 2 is 1.64 bits per heavy atom. The molecule has 6 heterocycles. The molecular formula is C40H41F3N8O5. The average molecular weight is 771 g/mol. The normalized spacial score (nSPS) is 20.9. The van der Waals surface area contributed by atoms with Gasteiger partial charge in [-0.25, -0.2) is 0 Å². The molecule has 1 atom stereocenters. The monoisotopic (exact) mass is 770 g/mol. The molecule has 5 aliphatic heterocycles. The van der Waals surface area contributed by atoms with E-state index >= 15 is 0 Å². The summed E-state index contributed by atoms with van der Waals surface area (Å²) in [6, 6.07) is 7.81. The minimum atomic E-state index is -4.52. The van der Waals surface area contributed by atoms with Crippen molar-refractivity contribution in [2.75, 3.05) is 54.4 Å². The van der Waals surface area contributed by atoms with Crippen molar-refractivity contribution >= 4 is 46.6 Å². The van der Waals surface area contributed by atoms with Gasteiger partial charge >= 0.3 is 6.18 Å². The molecule has 5 amide bonds. The van der Waals surface area contributed by atoms with E-state index in [4.69, 9.17) is 0 Å². The van der Waals surface area contributed by atoms with Gasteiger partial charge in [0.15, 0.2) is 0 Å². The molecular weight excluding hydrogens is 729 g/mol. The number of halogens is 3. The van der Waals surface area contributed by atoms with Crippen molar-refractivity contribution < 1.29 is 37.1 Å². The molecule has 8 rings (SSSR count). The Morgan fingerprint density at radius 3 is 2.32 bits per heavy atom. The molecule has 2 N–H and O–H groups in total. The second-order valence-corrected chi connectivity index (χ2v) is 15.6. The van der Waals surface area contributed by atoms with E-state index in [0.29, 0.717) is 49.2 Å². The highest BCUT2D eigenvalue weighted by molar-refractivity contribution is 6.23.